The SMILES string of the molecule is CCC(=O)Nc1ccc(Cl)cc1C1CCC(c2ccnc(NC(C)=O)c2)CC1. The van der Waals surface area contributed by atoms with Crippen LogP contribution in [-0.4, -0.2) is 16.8 Å². The number of amides is 2. The Kier molecular flexibility index (Phi) is 6.68. The molecule has 1 heterocycles. The van der Waals surface area contributed by atoms with Crippen molar-refractivity contribution in [2.45, 2.75) is 57.8 Å². The summed E-state index contributed by atoms with van der Waals surface area (Å²) in [7, 11) is 0. The monoisotopic (exact) mass is 399 g/mol. The van der Waals surface area contributed by atoms with Crippen LogP contribution in [0.25, 0.3) is 0 Å². The van der Waals surface area contributed by atoms with E-state index in [1.807, 2.05) is 37.3 Å². The summed E-state index contributed by atoms with van der Waals surface area (Å²) in [5, 5.41) is 6.45. The molecule has 148 valence electrons. The maximum atomic E-state index is 11.9. The summed E-state index contributed by atoms with van der Waals surface area (Å²) in [5.74, 6) is 1.32. The van der Waals surface area contributed by atoms with Gasteiger partial charge in [-0.2, -0.15) is 0 Å². The number of rotatable bonds is 5. The van der Waals surface area contributed by atoms with Crippen molar-refractivity contribution in [1.29, 1.82) is 0 Å². The Labute approximate surface area is 170 Å². The third kappa shape index (κ3) is 5.10. The molecule has 28 heavy (non-hydrogen) atoms. The number of carbonyl (C=O) groups excluding carboxylic acids is 2. The van der Waals surface area contributed by atoms with Gasteiger partial charge in [0.15, 0.2) is 0 Å². The number of nitrogens with zero attached hydrogens (tertiary/aromatic N) is 1. The minimum Gasteiger partial charge on any atom is -0.326 e. The Morgan fingerprint density at radius 3 is 2.46 bits per heavy atom. The molecule has 3 rings (SSSR count). The maximum Gasteiger partial charge on any atom is 0.224 e. The lowest BCUT2D eigenvalue weighted by Gasteiger charge is -2.30. The second-order valence-electron chi connectivity index (χ2n) is 7.34. The number of aromatic nitrogens is 1. The topological polar surface area (TPSA) is 71.1 Å². The molecule has 5 nitrogen and oxygen atoms in total. The zero-order valence-corrected chi connectivity index (χ0v) is 17.1. The minimum absolute atomic E-state index is 0.0135. The fourth-order valence-electron chi connectivity index (χ4n) is 3.91. The molecule has 0 atom stereocenters. The van der Waals surface area contributed by atoms with Crippen LogP contribution in [0.2, 0.25) is 5.02 Å². The summed E-state index contributed by atoms with van der Waals surface area (Å²) in [6.45, 7) is 3.33. The molecule has 0 saturated heterocycles. The molecule has 0 bridgehead atoms. The molecule has 1 aliphatic rings. The van der Waals surface area contributed by atoms with Gasteiger partial charge >= 0.3 is 0 Å². The van der Waals surface area contributed by atoms with E-state index in [0.29, 0.717) is 29.1 Å². The molecular formula is C22H26ClN3O2. The smallest absolute Gasteiger partial charge is 0.224 e. The van der Waals surface area contributed by atoms with Gasteiger partial charge in [0.25, 0.3) is 0 Å². The summed E-state index contributed by atoms with van der Waals surface area (Å²) in [4.78, 5) is 27.3. The fraction of sp³-hybridized carbons (Fsp3) is 0.409. The van der Waals surface area contributed by atoms with Crippen molar-refractivity contribution in [2.24, 2.45) is 0 Å². The molecule has 0 aliphatic heterocycles. The number of nitrogens with one attached hydrogen (secondary N) is 2. The van der Waals surface area contributed by atoms with E-state index >= 15 is 0 Å². The van der Waals surface area contributed by atoms with E-state index < -0.39 is 0 Å². The molecule has 1 fully saturated rings. The van der Waals surface area contributed by atoms with Gasteiger partial charge in [-0.3, -0.25) is 9.59 Å². The highest BCUT2D eigenvalue weighted by Gasteiger charge is 2.26. The van der Waals surface area contributed by atoms with Crippen molar-refractivity contribution in [3.63, 3.8) is 0 Å². The number of carbonyl (C=O) groups is 2. The van der Waals surface area contributed by atoms with Crippen molar-refractivity contribution in [2.75, 3.05) is 10.6 Å². The van der Waals surface area contributed by atoms with Crippen LogP contribution in [0.5, 0.6) is 0 Å². The van der Waals surface area contributed by atoms with Gasteiger partial charge in [-0.05, 0) is 79.0 Å². The van der Waals surface area contributed by atoms with Crippen LogP contribution in [0.1, 0.15) is 68.9 Å². The van der Waals surface area contributed by atoms with Crippen LogP contribution in [0.4, 0.5) is 11.5 Å². The van der Waals surface area contributed by atoms with Crippen LogP contribution in [0.15, 0.2) is 36.5 Å². The lowest BCUT2D eigenvalue weighted by Crippen LogP contribution is -2.16. The van der Waals surface area contributed by atoms with Crippen molar-refractivity contribution in [1.82, 2.24) is 4.98 Å². The van der Waals surface area contributed by atoms with Crippen molar-refractivity contribution in [3.05, 3.63) is 52.7 Å². The van der Waals surface area contributed by atoms with Gasteiger partial charge in [-0.25, -0.2) is 4.98 Å². The highest BCUT2D eigenvalue weighted by Crippen LogP contribution is 2.43. The van der Waals surface area contributed by atoms with Gasteiger partial charge in [-0.15, -0.1) is 0 Å². The zero-order valence-electron chi connectivity index (χ0n) is 16.3. The van der Waals surface area contributed by atoms with Gasteiger partial charge in [0, 0.05) is 30.3 Å². The van der Waals surface area contributed by atoms with Crippen LogP contribution in [-0.2, 0) is 9.59 Å². The van der Waals surface area contributed by atoms with Crippen LogP contribution in [0, 0.1) is 0 Å². The zero-order chi connectivity index (χ0) is 20.1. The lowest BCUT2D eigenvalue weighted by atomic mass is 9.76. The first-order chi connectivity index (χ1) is 13.5. The molecule has 0 spiro atoms. The van der Waals surface area contributed by atoms with E-state index in [-0.39, 0.29) is 11.8 Å². The fourth-order valence-corrected chi connectivity index (χ4v) is 4.09. The van der Waals surface area contributed by atoms with E-state index in [1.54, 1.807) is 6.20 Å². The Bertz CT molecular complexity index is 861. The molecule has 0 radical (unpaired) electrons. The average Bonchev–Trinajstić information content (AvgIpc) is 2.69. The number of pyridine rings is 1. The maximum absolute atomic E-state index is 11.9. The molecule has 1 aromatic carbocycles. The number of halogens is 1. The molecule has 0 unspecified atom stereocenters. The van der Waals surface area contributed by atoms with Crippen molar-refractivity contribution < 1.29 is 9.59 Å². The van der Waals surface area contributed by atoms with E-state index in [2.05, 4.69) is 15.6 Å². The highest BCUT2D eigenvalue weighted by molar-refractivity contribution is 6.30. The van der Waals surface area contributed by atoms with Crippen LogP contribution in [0.3, 0.4) is 0 Å². The van der Waals surface area contributed by atoms with Gasteiger partial charge in [-0.1, -0.05) is 18.5 Å². The summed E-state index contributed by atoms with van der Waals surface area (Å²) in [6, 6.07) is 9.71. The second-order valence-corrected chi connectivity index (χ2v) is 7.77. The molecular weight excluding hydrogens is 374 g/mol. The van der Waals surface area contributed by atoms with E-state index in [4.69, 9.17) is 11.6 Å². The summed E-state index contributed by atoms with van der Waals surface area (Å²) in [5.41, 5.74) is 3.21. The van der Waals surface area contributed by atoms with E-state index in [0.717, 1.165) is 36.9 Å². The summed E-state index contributed by atoms with van der Waals surface area (Å²) < 4.78 is 0. The standard InChI is InChI=1S/C22H26ClN3O2/c1-3-22(28)26-20-9-8-18(23)13-19(20)16-6-4-15(5-7-16)17-10-11-24-21(12-17)25-14(2)27/h8-13,15-16H,3-7H2,1-2H3,(H,26,28)(H,24,25,27). The lowest BCUT2D eigenvalue weighted by molar-refractivity contribution is -0.116. The molecule has 2 N–H and O–H groups in total. The Morgan fingerprint density at radius 1 is 1.07 bits per heavy atom. The van der Waals surface area contributed by atoms with Gasteiger partial charge in [0.1, 0.15) is 5.82 Å². The molecule has 1 saturated carbocycles. The third-order valence-corrected chi connectivity index (χ3v) is 5.57. The first-order valence-electron chi connectivity index (χ1n) is 9.79. The minimum atomic E-state index is -0.115. The molecule has 6 heteroatoms. The van der Waals surface area contributed by atoms with Crippen molar-refractivity contribution in [3.8, 4) is 0 Å². The Hall–Kier alpha value is -2.40. The largest absolute Gasteiger partial charge is 0.326 e. The third-order valence-electron chi connectivity index (χ3n) is 5.34. The number of benzene rings is 1. The average molecular weight is 400 g/mol. The predicted octanol–water partition coefficient (Wildman–Crippen LogP) is 5.48. The number of hydrogen-bond acceptors (Lipinski definition) is 3. The first-order valence-corrected chi connectivity index (χ1v) is 10.2. The molecule has 2 aromatic rings. The summed E-state index contributed by atoms with van der Waals surface area (Å²) in [6.07, 6.45) is 6.34. The molecule has 1 aromatic heterocycles. The van der Waals surface area contributed by atoms with Gasteiger partial charge < -0.3 is 10.6 Å². The second kappa shape index (κ2) is 9.20. The van der Waals surface area contributed by atoms with Crippen LogP contribution >= 0.6 is 11.6 Å². The number of hydrogen-bond donors (Lipinski definition) is 2. The van der Waals surface area contributed by atoms with E-state index in [1.165, 1.54) is 12.5 Å². The van der Waals surface area contributed by atoms with Crippen molar-refractivity contribution >= 4 is 34.9 Å². The van der Waals surface area contributed by atoms with Crippen LogP contribution < -0.4 is 10.6 Å². The highest BCUT2D eigenvalue weighted by atomic mass is 35.5. The number of anilines is 2. The van der Waals surface area contributed by atoms with Gasteiger partial charge in [0.05, 0.1) is 0 Å². The first kappa shape index (κ1) is 20.3. The van der Waals surface area contributed by atoms with Gasteiger partial charge in [0.2, 0.25) is 11.8 Å². The predicted molar refractivity (Wildman–Crippen MR) is 113 cm³/mol. The molecule has 2 amide bonds. The van der Waals surface area contributed by atoms with E-state index in [9.17, 15) is 9.59 Å². The Morgan fingerprint density at radius 2 is 1.79 bits per heavy atom. The summed E-state index contributed by atoms with van der Waals surface area (Å²) >= 11 is 6.24. The quantitative estimate of drug-likeness (QED) is 0.698. The molecule has 1 aliphatic carbocycles. The Balaban J connectivity index is 1.71. The normalized spacial score (nSPS) is 19.1.